The van der Waals surface area contributed by atoms with Gasteiger partial charge in [0, 0.05) is 22.5 Å². The monoisotopic (exact) mass is 225 g/mol. The van der Waals surface area contributed by atoms with Crippen LogP contribution in [0.4, 0.5) is 0 Å². The topological polar surface area (TPSA) is 51.8 Å². The van der Waals surface area contributed by atoms with E-state index in [0.29, 0.717) is 11.6 Å². The minimum absolute atomic E-state index is 0.452. The minimum Gasteiger partial charge on any atom is -0.326 e. The molecule has 0 aliphatic rings. The molecule has 0 aliphatic carbocycles. The van der Waals surface area contributed by atoms with Crippen molar-refractivity contribution in [2.45, 2.75) is 6.54 Å². The molecule has 0 unspecified atom stereocenters. The molecule has 0 fully saturated rings. The average Bonchev–Trinajstić information content (AvgIpc) is 2.70. The van der Waals surface area contributed by atoms with Crippen molar-refractivity contribution < 1.29 is 0 Å². The molecule has 72 valence electrons. The lowest BCUT2D eigenvalue weighted by atomic mass is 10.1. The van der Waals surface area contributed by atoms with Crippen LogP contribution in [-0.2, 0) is 6.54 Å². The third-order valence-corrected chi connectivity index (χ3v) is 2.66. The molecular formula is C9H8ClN3S. The molecule has 1 aromatic heterocycles. The molecule has 1 heterocycles. The Hall–Kier alpha value is -0.970. The van der Waals surface area contributed by atoms with E-state index in [1.807, 2.05) is 23.6 Å². The lowest BCUT2D eigenvalue weighted by Gasteiger charge is -2.04. The summed E-state index contributed by atoms with van der Waals surface area (Å²) in [7, 11) is 0. The molecule has 0 bridgehead atoms. The van der Waals surface area contributed by atoms with Gasteiger partial charge in [0.1, 0.15) is 5.69 Å². The van der Waals surface area contributed by atoms with Gasteiger partial charge in [-0.25, -0.2) is 0 Å². The first kappa shape index (κ1) is 9.58. The number of nitrogens with zero attached hydrogens (tertiary/aromatic N) is 2. The molecule has 0 saturated heterocycles. The maximum Gasteiger partial charge on any atom is 0.106 e. The Morgan fingerprint density at radius 2 is 2.29 bits per heavy atom. The van der Waals surface area contributed by atoms with Gasteiger partial charge in [0.25, 0.3) is 0 Å². The summed E-state index contributed by atoms with van der Waals surface area (Å²) >= 11 is 7.19. The second-order valence-electron chi connectivity index (χ2n) is 2.80. The van der Waals surface area contributed by atoms with Gasteiger partial charge in [0.15, 0.2) is 0 Å². The Kier molecular flexibility index (Phi) is 2.77. The van der Waals surface area contributed by atoms with Gasteiger partial charge in [0.2, 0.25) is 0 Å². The maximum absolute atomic E-state index is 5.87. The highest BCUT2D eigenvalue weighted by Gasteiger charge is 2.06. The number of aromatic nitrogens is 2. The first-order chi connectivity index (χ1) is 6.81. The Balaban J connectivity index is 2.53. The van der Waals surface area contributed by atoms with Crippen LogP contribution in [0.25, 0.3) is 11.3 Å². The first-order valence-corrected chi connectivity index (χ1v) is 5.28. The SMILES string of the molecule is NCc1cc(Cl)ccc1-c1csnn1. The lowest BCUT2D eigenvalue weighted by Crippen LogP contribution is -1.99. The van der Waals surface area contributed by atoms with E-state index in [1.165, 1.54) is 11.5 Å². The number of hydrogen-bond acceptors (Lipinski definition) is 4. The Bertz CT molecular complexity index is 428. The average molecular weight is 226 g/mol. The summed E-state index contributed by atoms with van der Waals surface area (Å²) in [5.74, 6) is 0. The van der Waals surface area contributed by atoms with E-state index in [4.69, 9.17) is 17.3 Å². The van der Waals surface area contributed by atoms with Crippen LogP contribution in [0.3, 0.4) is 0 Å². The summed E-state index contributed by atoms with van der Waals surface area (Å²) in [6.07, 6.45) is 0. The van der Waals surface area contributed by atoms with Crippen LogP contribution in [0.1, 0.15) is 5.56 Å². The summed E-state index contributed by atoms with van der Waals surface area (Å²) in [6.45, 7) is 0.452. The molecular weight excluding hydrogens is 218 g/mol. The fourth-order valence-corrected chi connectivity index (χ4v) is 1.91. The van der Waals surface area contributed by atoms with Crippen molar-refractivity contribution in [1.29, 1.82) is 0 Å². The number of rotatable bonds is 2. The lowest BCUT2D eigenvalue weighted by molar-refractivity contribution is 1.06. The van der Waals surface area contributed by atoms with E-state index in [1.54, 1.807) is 0 Å². The maximum atomic E-state index is 5.87. The molecule has 1 aromatic carbocycles. The largest absolute Gasteiger partial charge is 0.326 e. The normalized spacial score (nSPS) is 10.4. The van der Waals surface area contributed by atoms with E-state index in [2.05, 4.69) is 9.59 Å². The quantitative estimate of drug-likeness (QED) is 0.854. The molecule has 0 saturated carbocycles. The van der Waals surface area contributed by atoms with Crippen molar-refractivity contribution in [1.82, 2.24) is 9.59 Å². The van der Waals surface area contributed by atoms with Gasteiger partial charge in [-0.15, -0.1) is 5.10 Å². The van der Waals surface area contributed by atoms with Gasteiger partial charge in [-0.05, 0) is 29.2 Å². The minimum atomic E-state index is 0.452. The summed E-state index contributed by atoms with van der Waals surface area (Å²) in [6, 6.07) is 5.60. The van der Waals surface area contributed by atoms with Crippen LogP contribution in [0, 0.1) is 0 Å². The molecule has 0 atom stereocenters. The highest BCUT2D eigenvalue weighted by atomic mass is 35.5. The molecule has 14 heavy (non-hydrogen) atoms. The van der Waals surface area contributed by atoms with E-state index in [-0.39, 0.29) is 0 Å². The van der Waals surface area contributed by atoms with E-state index >= 15 is 0 Å². The number of hydrogen-bond donors (Lipinski definition) is 1. The van der Waals surface area contributed by atoms with Crippen LogP contribution >= 0.6 is 23.1 Å². The Morgan fingerprint density at radius 3 is 2.93 bits per heavy atom. The Morgan fingerprint density at radius 1 is 1.43 bits per heavy atom. The van der Waals surface area contributed by atoms with Crippen LogP contribution in [-0.4, -0.2) is 9.59 Å². The molecule has 0 radical (unpaired) electrons. The van der Waals surface area contributed by atoms with Gasteiger partial charge in [0.05, 0.1) is 0 Å². The van der Waals surface area contributed by atoms with Crippen LogP contribution in [0.15, 0.2) is 23.6 Å². The fourth-order valence-electron chi connectivity index (χ4n) is 1.26. The van der Waals surface area contributed by atoms with Crippen LogP contribution in [0.5, 0.6) is 0 Å². The second kappa shape index (κ2) is 4.04. The molecule has 2 aromatic rings. The van der Waals surface area contributed by atoms with E-state index in [9.17, 15) is 0 Å². The molecule has 2 rings (SSSR count). The predicted molar refractivity (Wildman–Crippen MR) is 58.2 cm³/mol. The third kappa shape index (κ3) is 1.77. The molecule has 5 heteroatoms. The highest BCUT2D eigenvalue weighted by molar-refractivity contribution is 7.03. The molecule has 3 nitrogen and oxygen atoms in total. The van der Waals surface area contributed by atoms with Crippen molar-refractivity contribution in [2.24, 2.45) is 5.73 Å². The third-order valence-electron chi connectivity index (χ3n) is 1.92. The fraction of sp³-hybridized carbons (Fsp3) is 0.111. The summed E-state index contributed by atoms with van der Waals surface area (Å²) in [5, 5.41) is 6.58. The smallest absolute Gasteiger partial charge is 0.106 e. The van der Waals surface area contributed by atoms with Crippen molar-refractivity contribution in [3.8, 4) is 11.3 Å². The number of nitrogens with two attached hydrogens (primary N) is 1. The molecule has 0 amide bonds. The van der Waals surface area contributed by atoms with Gasteiger partial charge < -0.3 is 5.73 Å². The molecule has 0 aliphatic heterocycles. The van der Waals surface area contributed by atoms with Gasteiger partial charge in [-0.1, -0.05) is 22.2 Å². The van der Waals surface area contributed by atoms with Crippen molar-refractivity contribution in [2.75, 3.05) is 0 Å². The number of benzene rings is 1. The second-order valence-corrected chi connectivity index (χ2v) is 3.84. The standard InChI is InChI=1S/C9H8ClN3S/c10-7-1-2-8(6(3-7)4-11)9-5-14-13-12-9/h1-3,5H,4,11H2. The van der Waals surface area contributed by atoms with Crippen LogP contribution in [0.2, 0.25) is 5.02 Å². The summed E-state index contributed by atoms with van der Waals surface area (Å²) in [4.78, 5) is 0. The van der Waals surface area contributed by atoms with Crippen molar-refractivity contribution >= 4 is 23.1 Å². The molecule has 0 spiro atoms. The zero-order valence-corrected chi connectivity index (χ0v) is 8.85. The molecule has 2 N–H and O–H groups in total. The van der Waals surface area contributed by atoms with Gasteiger partial charge in [-0.2, -0.15) is 0 Å². The number of halogens is 1. The van der Waals surface area contributed by atoms with Crippen molar-refractivity contribution in [3.05, 3.63) is 34.2 Å². The predicted octanol–water partition coefficient (Wildman–Crippen LogP) is 2.32. The van der Waals surface area contributed by atoms with Gasteiger partial charge in [-0.3, -0.25) is 0 Å². The summed E-state index contributed by atoms with van der Waals surface area (Å²) < 4.78 is 3.81. The summed E-state index contributed by atoms with van der Waals surface area (Å²) in [5.41, 5.74) is 8.47. The Labute approximate surface area is 90.7 Å². The zero-order chi connectivity index (χ0) is 9.97. The van der Waals surface area contributed by atoms with E-state index < -0.39 is 0 Å². The van der Waals surface area contributed by atoms with Crippen molar-refractivity contribution in [3.63, 3.8) is 0 Å². The van der Waals surface area contributed by atoms with Crippen LogP contribution < -0.4 is 5.73 Å². The van der Waals surface area contributed by atoms with Gasteiger partial charge >= 0.3 is 0 Å². The highest BCUT2D eigenvalue weighted by Crippen LogP contribution is 2.25. The van der Waals surface area contributed by atoms with E-state index in [0.717, 1.165) is 16.8 Å². The zero-order valence-electron chi connectivity index (χ0n) is 7.27. The first-order valence-electron chi connectivity index (χ1n) is 4.07.